The van der Waals surface area contributed by atoms with Crippen LogP contribution < -0.4 is 0 Å². The minimum Gasteiger partial charge on any atom is -0.0561 e. The summed E-state index contributed by atoms with van der Waals surface area (Å²) in [5.74, 6) is 0. The highest BCUT2D eigenvalue weighted by atomic mass is 14.6. The topological polar surface area (TPSA) is 0 Å². The summed E-state index contributed by atoms with van der Waals surface area (Å²) in [6.45, 7) is 4.63. The third-order valence-corrected chi connectivity index (χ3v) is 5.92. The molecule has 4 rings (SSSR count). The molecular formula is C18H24. The van der Waals surface area contributed by atoms with Gasteiger partial charge in [0.25, 0.3) is 0 Å². The van der Waals surface area contributed by atoms with E-state index in [1.165, 1.54) is 56.9 Å². The lowest BCUT2D eigenvalue weighted by Crippen LogP contribution is -2.27. The first-order valence-electron chi connectivity index (χ1n) is 7.78. The molecule has 2 fully saturated rings. The van der Waals surface area contributed by atoms with Gasteiger partial charge in [-0.25, -0.2) is 0 Å². The van der Waals surface area contributed by atoms with Gasteiger partial charge in [-0.2, -0.15) is 0 Å². The van der Waals surface area contributed by atoms with Crippen LogP contribution in [0.2, 0.25) is 0 Å². The van der Waals surface area contributed by atoms with Gasteiger partial charge in [0.1, 0.15) is 0 Å². The van der Waals surface area contributed by atoms with Crippen molar-refractivity contribution < 1.29 is 0 Å². The molecule has 0 amide bonds. The molecule has 2 saturated carbocycles. The van der Waals surface area contributed by atoms with E-state index in [0.29, 0.717) is 10.8 Å². The summed E-state index contributed by atoms with van der Waals surface area (Å²) in [6.07, 6.45) is 11.7. The summed E-state index contributed by atoms with van der Waals surface area (Å²) in [6, 6.07) is 4.96. The lowest BCUT2D eigenvalue weighted by atomic mass is 9.69. The Bertz CT molecular complexity index is 499. The fourth-order valence-corrected chi connectivity index (χ4v) is 5.17. The summed E-state index contributed by atoms with van der Waals surface area (Å²) in [7, 11) is 0. The Kier molecular flexibility index (Phi) is 2.10. The number of aryl methyl sites for hydroxylation is 2. The molecule has 0 atom stereocenters. The zero-order valence-electron chi connectivity index (χ0n) is 11.8. The maximum Gasteiger partial charge on any atom is -0.00323 e. The van der Waals surface area contributed by atoms with Gasteiger partial charge in [0.2, 0.25) is 0 Å². The number of fused-ring (bicyclic) bond motifs is 3. The Hall–Kier alpha value is -0.780. The standard InChI is InChI=1S/C18H24/c1-13-10-14(2)16-15(11-13)17(6-4-3-5-7-17)12-18(16)8-9-18/h10-11H,3-9,12H2,1-2H3. The predicted octanol–water partition coefficient (Wildman–Crippen LogP) is 4.94. The first-order valence-corrected chi connectivity index (χ1v) is 7.78. The van der Waals surface area contributed by atoms with Crippen LogP contribution in [0.25, 0.3) is 0 Å². The average Bonchev–Trinajstić information content (AvgIpc) is 3.03. The summed E-state index contributed by atoms with van der Waals surface area (Å²) < 4.78 is 0. The molecule has 0 unspecified atom stereocenters. The van der Waals surface area contributed by atoms with E-state index in [-0.39, 0.29) is 0 Å². The largest absolute Gasteiger partial charge is 0.0561 e. The van der Waals surface area contributed by atoms with Crippen molar-refractivity contribution in [2.24, 2.45) is 0 Å². The van der Waals surface area contributed by atoms with Crippen LogP contribution in [0.3, 0.4) is 0 Å². The highest BCUT2D eigenvalue weighted by Gasteiger charge is 2.58. The van der Waals surface area contributed by atoms with Crippen molar-refractivity contribution >= 4 is 0 Å². The van der Waals surface area contributed by atoms with Gasteiger partial charge in [-0.3, -0.25) is 0 Å². The molecule has 3 aliphatic rings. The minimum atomic E-state index is 0.584. The van der Waals surface area contributed by atoms with Crippen molar-refractivity contribution in [2.45, 2.75) is 76.0 Å². The van der Waals surface area contributed by atoms with Gasteiger partial charge >= 0.3 is 0 Å². The Balaban J connectivity index is 1.92. The monoisotopic (exact) mass is 240 g/mol. The van der Waals surface area contributed by atoms with Crippen LogP contribution in [0.5, 0.6) is 0 Å². The second-order valence-corrected chi connectivity index (χ2v) is 7.30. The molecule has 0 bridgehead atoms. The van der Waals surface area contributed by atoms with Crippen LogP contribution in [-0.4, -0.2) is 0 Å². The molecule has 3 aliphatic carbocycles. The fourth-order valence-electron chi connectivity index (χ4n) is 5.17. The van der Waals surface area contributed by atoms with E-state index >= 15 is 0 Å². The maximum atomic E-state index is 2.54. The van der Waals surface area contributed by atoms with E-state index in [1.807, 2.05) is 0 Å². The van der Waals surface area contributed by atoms with Gasteiger partial charge in [0, 0.05) is 0 Å². The van der Waals surface area contributed by atoms with E-state index in [9.17, 15) is 0 Å². The zero-order chi connectivity index (χ0) is 12.4. The summed E-state index contributed by atoms with van der Waals surface area (Å²) in [4.78, 5) is 0. The molecule has 0 aliphatic heterocycles. The van der Waals surface area contributed by atoms with Crippen LogP contribution in [0.15, 0.2) is 12.1 Å². The molecule has 0 nitrogen and oxygen atoms in total. The Labute approximate surface area is 111 Å². The van der Waals surface area contributed by atoms with Crippen LogP contribution in [-0.2, 0) is 10.8 Å². The molecule has 0 aromatic heterocycles. The first kappa shape index (κ1) is 11.1. The molecule has 0 N–H and O–H groups in total. The van der Waals surface area contributed by atoms with Crippen LogP contribution in [0.1, 0.15) is 73.6 Å². The molecule has 1 aromatic carbocycles. The van der Waals surface area contributed by atoms with E-state index in [0.717, 1.165) is 0 Å². The van der Waals surface area contributed by atoms with Gasteiger partial charge in [0.15, 0.2) is 0 Å². The van der Waals surface area contributed by atoms with Crippen molar-refractivity contribution in [3.8, 4) is 0 Å². The smallest absolute Gasteiger partial charge is 0.00323 e. The van der Waals surface area contributed by atoms with Crippen LogP contribution in [0.4, 0.5) is 0 Å². The molecule has 1 aromatic rings. The second-order valence-electron chi connectivity index (χ2n) is 7.30. The van der Waals surface area contributed by atoms with Gasteiger partial charge in [-0.05, 0) is 73.5 Å². The number of hydrogen-bond donors (Lipinski definition) is 0. The highest BCUT2D eigenvalue weighted by Crippen LogP contribution is 2.66. The number of hydrogen-bond acceptors (Lipinski definition) is 0. The van der Waals surface area contributed by atoms with Gasteiger partial charge in [-0.1, -0.05) is 37.0 Å². The van der Waals surface area contributed by atoms with Crippen LogP contribution in [0, 0.1) is 13.8 Å². The molecule has 96 valence electrons. The number of benzene rings is 1. The maximum absolute atomic E-state index is 2.54. The average molecular weight is 240 g/mol. The fraction of sp³-hybridized carbons (Fsp3) is 0.667. The molecule has 2 spiro atoms. The summed E-state index contributed by atoms with van der Waals surface area (Å²) >= 11 is 0. The van der Waals surface area contributed by atoms with Crippen molar-refractivity contribution in [1.82, 2.24) is 0 Å². The van der Waals surface area contributed by atoms with Gasteiger partial charge < -0.3 is 0 Å². The Morgan fingerprint density at radius 2 is 1.56 bits per heavy atom. The second kappa shape index (κ2) is 3.40. The van der Waals surface area contributed by atoms with Crippen molar-refractivity contribution in [3.05, 3.63) is 34.4 Å². The van der Waals surface area contributed by atoms with Gasteiger partial charge in [0.05, 0.1) is 0 Å². The highest BCUT2D eigenvalue weighted by molar-refractivity contribution is 5.55. The van der Waals surface area contributed by atoms with E-state index in [2.05, 4.69) is 26.0 Å². The lowest BCUT2D eigenvalue weighted by Gasteiger charge is -2.35. The molecule has 0 radical (unpaired) electrons. The number of rotatable bonds is 0. The van der Waals surface area contributed by atoms with Gasteiger partial charge in [-0.15, -0.1) is 0 Å². The third-order valence-electron chi connectivity index (χ3n) is 5.92. The summed E-state index contributed by atoms with van der Waals surface area (Å²) in [5, 5.41) is 0. The Morgan fingerprint density at radius 1 is 0.833 bits per heavy atom. The van der Waals surface area contributed by atoms with Crippen LogP contribution >= 0.6 is 0 Å². The SMILES string of the molecule is Cc1cc(C)c2c(c1)C1(CCCCC1)CC21CC1. The molecule has 18 heavy (non-hydrogen) atoms. The van der Waals surface area contributed by atoms with E-state index < -0.39 is 0 Å². The first-order chi connectivity index (χ1) is 8.65. The van der Waals surface area contributed by atoms with Crippen molar-refractivity contribution in [3.63, 3.8) is 0 Å². The Morgan fingerprint density at radius 3 is 2.22 bits per heavy atom. The predicted molar refractivity (Wildman–Crippen MR) is 76.2 cm³/mol. The minimum absolute atomic E-state index is 0.584. The normalized spacial score (nSPS) is 26.6. The van der Waals surface area contributed by atoms with Crippen molar-refractivity contribution in [2.75, 3.05) is 0 Å². The molecule has 0 saturated heterocycles. The lowest BCUT2D eigenvalue weighted by molar-refractivity contribution is 0.275. The molecular weight excluding hydrogens is 216 g/mol. The van der Waals surface area contributed by atoms with Crippen molar-refractivity contribution in [1.29, 1.82) is 0 Å². The van der Waals surface area contributed by atoms with E-state index in [1.54, 1.807) is 16.7 Å². The zero-order valence-corrected chi connectivity index (χ0v) is 11.8. The third kappa shape index (κ3) is 1.32. The van der Waals surface area contributed by atoms with E-state index in [4.69, 9.17) is 0 Å². The molecule has 0 heterocycles. The molecule has 0 heteroatoms. The summed E-state index contributed by atoms with van der Waals surface area (Å²) in [5.41, 5.74) is 7.84. The quantitative estimate of drug-likeness (QED) is 0.602.